The van der Waals surface area contributed by atoms with Gasteiger partial charge >= 0.3 is 0 Å². The molecule has 2 unspecified atom stereocenters. The van der Waals surface area contributed by atoms with Gasteiger partial charge in [0.05, 0.1) is 5.25 Å². The van der Waals surface area contributed by atoms with E-state index in [0.29, 0.717) is 0 Å². The molecule has 0 aliphatic carbocycles. The fraction of sp³-hybridized carbons (Fsp3) is 0.318. The summed E-state index contributed by atoms with van der Waals surface area (Å²) >= 11 is 1.71. The molecule has 0 saturated heterocycles. The maximum absolute atomic E-state index is 12.6. The molecule has 0 spiro atoms. The Kier molecular flexibility index (Phi) is 7.80. The van der Waals surface area contributed by atoms with Crippen molar-refractivity contribution in [1.82, 2.24) is 4.90 Å². The highest BCUT2D eigenvalue weighted by atomic mass is 32.2. The molecule has 2 aromatic rings. The summed E-state index contributed by atoms with van der Waals surface area (Å²) in [6.45, 7) is 7.59. The van der Waals surface area contributed by atoms with Crippen LogP contribution in [0.3, 0.4) is 0 Å². The van der Waals surface area contributed by atoms with E-state index in [9.17, 15) is 4.79 Å². The van der Waals surface area contributed by atoms with E-state index in [0.717, 1.165) is 13.1 Å². The van der Waals surface area contributed by atoms with Crippen molar-refractivity contribution in [3.05, 3.63) is 77.9 Å². The minimum absolute atomic E-state index is 0.0782. The molecular formula is C22H27NOS. The molecule has 2 atom stereocenters. The van der Waals surface area contributed by atoms with Crippen LogP contribution in [0.15, 0.2) is 66.7 Å². The van der Waals surface area contributed by atoms with Crippen molar-refractivity contribution in [2.45, 2.75) is 31.3 Å². The molecule has 3 heteroatoms. The van der Waals surface area contributed by atoms with Gasteiger partial charge in [0.15, 0.2) is 0 Å². The summed E-state index contributed by atoms with van der Waals surface area (Å²) in [6, 6.07) is 20.7. The molecule has 2 rings (SSSR count). The van der Waals surface area contributed by atoms with Crippen LogP contribution in [0, 0.1) is 0 Å². The fourth-order valence-electron chi connectivity index (χ4n) is 2.71. The first-order chi connectivity index (χ1) is 12.2. The number of amides is 1. The summed E-state index contributed by atoms with van der Waals surface area (Å²) < 4.78 is 0. The van der Waals surface area contributed by atoms with Crippen LogP contribution in [-0.4, -0.2) is 29.1 Å². The molecule has 0 bridgehead atoms. The van der Waals surface area contributed by atoms with Gasteiger partial charge in [-0.3, -0.25) is 4.79 Å². The number of hydrogen-bond donors (Lipinski definition) is 0. The molecule has 0 radical (unpaired) electrons. The van der Waals surface area contributed by atoms with Crippen molar-refractivity contribution in [1.29, 1.82) is 0 Å². The lowest BCUT2D eigenvalue weighted by Crippen LogP contribution is -2.36. The molecule has 132 valence electrons. The zero-order valence-corrected chi connectivity index (χ0v) is 16.1. The highest BCUT2D eigenvalue weighted by Gasteiger charge is 2.22. The van der Waals surface area contributed by atoms with Crippen LogP contribution in [0.5, 0.6) is 0 Å². The first-order valence-corrected chi connectivity index (χ1v) is 9.82. The van der Waals surface area contributed by atoms with Crippen LogP contribution < -0.4 is 0 Å². The minimum Gasteiger partial charge on any atom is -0.342 e. The Hall–Kier alpha value is -2.00. The molecule has 2 nitrogen and oxygen atoms in total. The van der Waals surface area contributed by atoms with Crippen molar-refractivity contribution in [3.63, 3.8) is 0 Å². The lowest BCUT2D eigenvalue weighted by molar-refractivity contribution is -0.129. The molecule has 0 aliphatic rings. The Balaban J connectivity index is 2.18. The van der Waals surface area contributed by atoms with E-state index in [-0.39, 0.29) is 16.4 Å². The molecule has 25 heavy (non-hydrogen) atoms. The number of rotatable bonds is 8. The van der Waals surface area contributed by atoms with Crippen LogP contribution in [0.25, 0.3) is 6.08 Å². The summed E-state index contributed by atoms with van der Waals surface area (Å²) in [4.78, 5) is 14.5. The molecule has 0 saturated carbocycles. The second-order valence-electron chi connectivity index (χ2n) is 5.89. The van der Waals surface area contributed by atoms with E-state index >= 15 is 0 Å². The van der Waals surface area contributed by atoms with Crippen LogP contribution in [0.1, 0.15) is 37.1 Å². The van der Waals surface area contributed by atoms with Gasteiger partial charge in [-0.1, -0.05) is 72.8 Å². The number of hydrogen-bond acceptors (Lipinski definition) is 2. The first-order valence-electron chi connectivity index (χ1n) is 8.88. The minimum atomic E-state index is -0.0782. The standard InChI is InChI=1S/C22H27NOS/c1-4-23(5-2)22(24)18(3)25-21(20-14-10-7-11-15-20)17-16-19-12-8-6-9-13-19/h6-18,21H,4-5H2,1-3H3/b17-16+. The summed E-state index contributed by atoms with van der Waals surface area (Å²) in [5.74, 6) is 0.212. The zero-order valence-electron chi connectivity index (χ0n) is 15.3. The van der Waals surface area contributed by atoms with Gasteiger partial charge in [0.1, 0.15) is 0 Å². The summed E-state index contributed by atoms with van der Waals surface area (Å²) in [7, 11) is 0. The van der Waals surface area contributed by atoms with Gasteiger partial charge in [-0.05, 0) is 31.9 Å². The average Bonchev–Trinajstić information content (AvgIpc) is 2.67. The average molecular weight is 354 g/mol. The molecule has 0 aromatic heterocycles. The van der Waals surface area contributed by atoms with Crippen LogP contribution in [-0.2, 0) is 4.79 Å². The number of benzene rings is 2. The predicted molar refractivity (Wildman–Crippen MR) is 110 cm³/mol. The Morgan fingerprint density at radius 2 is 1.56 bits per heavy atom. The normalized spacial score (nSPS) is 13.6. The van der Waals surface area contributed by atoms with Crippen molar-refractivity contribution in [3.8, 4) is 0 Å². The SMILES string of the molecule is CCN(CC)C(=O)C(C)SC(/C=C/c1ccccc1)c1ccccc1. The third-order valence-corrected chi connectivity index (χ3v) is 5.50. The van der Waals surface area contributed by atoms with Gasteiger partial charge < -0.3 is 4.90 Å². The van der Waals surface area contributed by atoms with E-state index in [1.165, 1.54) is 11.1 Å². The van der Waals surface area contributed by atoms with Crippen molar-refractivity contribution in [2.24, 2.45) is 0 Å². The maximum atomic E-state index is 12.6. The van der Waals surface area contributed by atoms with Crippen LogP contribution in [0.4, 0.5) is 0 Å². The van der Waals surface area contributed by atoms with E-state index in [2.05, 4.69) is 48.6 Å². The molecule has 0 aliphatic heterocycles. The highest BCUT2D eigenvalue weighted by molar-refractivity contribution is 8.01. The summed E-state index contributed by atoms with van der Waals surface area (Å²) in [5.41, 5.74) is 2.39. The molecule has 2 aromatic carbocycles. The Bertz CT molecular complexity index is 665. The third kappa shape index (κ3) is 5.79. The maximum Gasteiger partial charge on any atom is 0.235 e. The van der Waals surface area contributed by atoms with E-state index in [4.69, 9.17) is 0 Å². The largest absolute Gasteiger partial charge is 0.342 e. The van der Waals surface area contributed by atoms with E-state index in [1.54, 1.807) is 11.8 Å². The van der Waals surface area contributed by atoms with Gasteiger partial charge in [-0.25, -0.2) is 0 Å². The zero-order chi connectivity index (χ0) is 18.1. The van der Waals surface area contributed by atoms with Gasteiger partial charge in [0.25, 0.3) is 0 Å². The number of thioether (sulfide) groups is 1. The topological polar surface area (TPSA) is 20.3 Å². The third-order valence-electron chi connectivity index (χ3n) is 4.16. The smallest absolute Gasteiger partial charge is 0.235 e. The second kappa shape index (κ2) is 10.1. The summed E-state index contributed by atoms with van der Waals surface area (Å²) in [6.07, 6.45) is 4.33. The molecule has 0 heterocycles. The lowest BCUT2D eigenvalue weighted by atomic mass is 10.1. The number of nitrogens with zero attached hydrogens (tertiary/aromatic N) is 1. The van der Waals surface area contributed by atoms with Gasteiger partial charge in [0, 0.05) is 18.3 Å². The van der Waals surface area contributed by atoms with Crippen molar-refractivity contribution >= 4 is 23.7 Å². The van der Waals surface area contributed by atoms with Crippen LogP contribution >= 0.6 is 11.8 Å². The van der Waals surface area contributed by atoms with Crippen molar-refractivity contribution < 1.29 is 4.79 Å². The quantitative estimate of drug-likeness (QED) is 0.630. The monoisotopic (exact) mass is 353 g/mol. The Labute approximate surface area is 155 Å². The lowest BCUT2D eigenvalue weighted by Gasteiger charge is -2.25. The molecule has 1 amide bonds. The molecule has 0 N–H and O–H groups in total. The van der Waals surface area contributed by atoms with Crippen molar-refractivity contribution in [2.75, 3.05) is 13.1 Å². The number of carbonyl (C=O) groups is 1. The number of carbonyl (C=O) groups excluding carboxylic acids is 1. The van der Waals surface area contributed by atoms with Gasteiger partial charge in [0.2, 0.25) is 5.91 Å². The fourth-order valence-corrected chi connectivity index (χ4v) is 3.90. The Morgan fingerprint density at radius 1 is 1.00 bits per heavy atom. The molecular weight excluding hydrogens is 326 g/mol. The van der Waals surface area contributed by atoms with E-state index in [1.807, 2.05) is 49.9 Å². The Morgan fingerprint density at radius 3 is 2.12 bits per heavy atom. The summed E-state index contributed by atoms with van der Waals surface area (Å²) in [5, 5.41) is 0.0708. The molecule has 0 fully saturated rings. The first kappa shape index (κ1) is 19.3. The second-order valence-corrected chi connectivity index (χ2v) is 7.38. The van der Waals surface area contributed by atoms with E-state index < -0.39 is 0 Å². The predicted octanol–water partition coefficient (Wildman–Crippen LogP) is 5.43. The van der Waals surface area contributed by atoms with Gasteiger partial charge in [-0.15, -0.1) is 11.8 Å². The van der Waals surface area contributed by atoms with Gasteiger partial charge in [-0.2, -0.15) is 0 Å². The van der Waals surface area contributed by atoms with Crippen LogP contribution in [0.2, 0.25) is 0 Å². The highest BCUT2D eigenvalue weighted by Crippen LogP contribution is 2.34.